The van der Waals surface area contributed by atoms with E-state index in [9.17, 15) is 0 Å². The van der Waals surface area contributed by atoms with Gasteiger partial charge >= 0.3 is 0 Å². The van der Waals surface area contributed by atoms with Gasteiger partial charge in [0.25, 0.3) is 0 Å². The number of ether oxygens (including phenoxy) is 1. The molecule has 144 valence electrons. The Labute approximate surface area is 171 Å². The van der Waals surface area contributed by atoms with Gasteiger partial charge in [-0.05, 0) is 48.2 Å². The van der Waals surface area contributed by atoms with E-state index in [1.807, 2.05) is 11.8 Å². The van der Waals surface area contributed by atoms with Crippen molar-refractivity contribution in [2.24, 2.45) is 4.99 Å². The topological polar surface area (TPSA) is 26.5 Å². The minimum Gasteiger partial charge on any atom is -0.474 e. The van der Waals surface area contributed by atoms with E-state index in [1.165, 1.54) is 22.3 Å². The maximum Gasteiger partial charge on any atom is 0.233 e. The minimum absolute atomic E-state index is 0.228. The van der Waals surface area contributed by atoms with E-state index < -0.39 is 0 Å². The summed E-state index contributed by atoms with van der Waals surface area (Å²) >= 11 is 1.93. The van der Waals surface area contributed by atoms with Crippen molar-refractivity contribution in [3.8, 4) is 0 Å². The first-order chi connectivity index (χ1) is 13.7. The summed E-state index contributed by atoms with van der Waals surface area (Å²) < 4.78 is 8.19. The maximum atomic E-state index is 5.96. The molecule has 28 heavy (non-hydrogen) atoms. The summed E-state index contributed by atoms with van der Waals surface area (Å²) in [4.78, 5) is 4.86. The Morgan fingerprint density at radius 2 is 1.68 bits per heavy atom. The van der Waals surface area contributed by atoms with Crippen molar-refractivity contribution in [2.45, 2.75) is 32.2 Å². The van der Waals surface area contributed by atoms with Crippen molar-refractivity contribution < 1.29 is 4.74 Å². The highest BCUT2D eigenvalue weighted by atomic mass is 32.2. The summed E-state index contributed by atoms with van der Waals surface area (Å²) in [6.07, 6.45) is 2.11. The first-order valence-electron chi connectivity index (χ1n) is 9.73. The average molecular weight is 391 g/mol. The van der Waals surface area contributed by atoms with E-state index in [4.69, 9.17) is 9.73 Å². The molecule has 3 aromatic rings. The quantitative estimate of drug-likeness (QED) is 0.552. The Balaban J connectivity index is 1.39. The Morgan fingerprint density at radius 1 is 0.964 bits per heavy atom. The summed E-state index contributed by atoms with van der Waals surface area (Å²) in [5.41, 5.74) is 6.46. The molecule has 0 fully saturated rings. The van der Waals surface area contributed by atoms with E-state index in [-0.39, 0.29) is 6.04 Å². The molecule has 2 heterocycles. The summed E-state index contributed by atoms with van der Waals surface area (Å²) in [7, 11) is 0. The largest absolute Gasteiger partial charge is 0.474 e. The molecule has 4 heteroatoms. The maximum absolute atomic E-state index is 5.96. The molecule has 0 amide bonds. The molecule has 3 nitrogen and oxygen atoms in total. The van der Waals surface area contributed by atoms with Crippen LogP contribution in [0.5, 0.6) is 0 Å². The normalized spacial score (nSPS) is 16.1. The molecule has 0 spiro atoms. The molecule has 2 aromatic carbocycles. The second-order valence-electron chi connectivity index (χ2n) is 7.29. The van der Waals surface area contributed by atoms with Crippen molar-refractivity contribution in [1.29, 1.82) is 0 Å². The van der Waals surface area contributed by atoms with Crippen LogP contribution in [-0.2, 0) is 17.0 Å². The number of aromatic nitrogens is 1. The molecule has 1 aromatic heterocycles. The molecule has 1 aliphatic rings. The number of aliphatic imine (C=N–C) groups is 1. The van der Waals surface area contributed by atoms with Crippen molar-refractivity contribution in [3.63, 3.8) is 0 Å². The lowest BCUT2D eigenvalue weighted by molar-refractivity contribution is 0.323. The Bertz CT molecular complexity index is 976. The summed E-state index contributed by atoms with van der Waals surface area (Å²) in [5.74, 6) is 2.79. The van der Waals surface area contributed by atoms with Crippen LogP contribution in [-0.4, -0.2) is 28.9 Å². The molecule has 0 bridgehead atoms. The highest BCUT2D eigenvalue weighted by Crippen LogP contribution is 2.21. The fourth-order valence-electron chi connectivity index (χ4n) is 3.44. The summed E-state index contributed by atoms with van der Waals surface area (Å²) in [6.45, 7) is 5.84. The fraction of sp³-hybridized carbons (Fsp3) is 0.292. The highest BCUT2D eigenvalue weighted by Gasteiger charge is 2.22. The lowest BCUT2D eigenvalue weighted by Gasteiger charge is -2.11. The minimum atomic E-state index is 0.228. The van der Waals surface area contributed by atoms with Gasteiger partial charge in [0.15, 0.2) is 0 Å². The third-order valence-corrected chi connectivity index (χ3v) is 6.33. The molecular formula is C24H26N2OS. The van der Waals surface area contributed by atoms with Gasteiger partial charge in [-0.25, -0.2) is 4.99 Å². The van der Waals surface area contributed by atoms with Crippen molar-refractivity contribution in [2.75, 3.05) is 12.4 Å². The molecule has 0 aliphatic carbocycles. The molecule has 1 aliphatic heterocycles. The second-order valence-corrected chi connectivity index (χ2v) is 8.32. The van der Waals surface area contributed by atoms with E-state index in [1.54, 1.807) is 0 Å². The van der Waals surface area contributed by atoms with Gasteiger partial charge in [-0.3, -0.25) is 0 Å². The van der Waals surface area contributed by atoms with Crippen LogP contribution in [0.4, 0.5) is 0 Å². The number of rotatable bonds is 7. The van der Waals surface area contributed by atoms with Gasteiger partial charge in [-0.15, -0.1) is 0 Å². The van der Waals surface area contributed by atoms with Gasteiger partial charge < -0.3 is 9.30 Å². The van der Waals surface area contributed by atoms with E-state index in [0.29, 0.717) is 6.61 Å². The number of hydrogen-bond acceptors (Lipinski definition) is 3. The number of aryl methyl sites for hydroxylation is 2. The van der Waals surface area contributed by atoms with Crippen LogP contribution in [0.1, 0.15) is 27.9 Å². The molecule has 0 radical (unpaired) electrons. The first kappa shape index (κ1) is 18.9. The van der Waals surface area contributed by atoms with Gasteiger partial charge in [0.2, 0.25) is 5.90 Å². The lowest BCUT2D eigenvalue weighted by atomic mass is 10.1. The van der Waals surface area contributed by atoms with Crippen LogP contribution >= 0.6 is 11.8 Å². The van der Waals surface area contributed by atoms with Crippen LogP contribution in [0, 0.1) is 13.8 Å². The van der Waals surface area contributed by atoms with Crippen molar-refractivity contribution >= 4 is 17.7 Å². The van der Waals surface area contributed by atoms with Crippen LogP contribution in [0.25, 0.3) is 0 Å². The smallest absolute Gasteiger partial charge is 0.233 e. The van der Waals surface area contributed by atoms with Gasteiger partial charge in [0.1, 0.15) is 12.3 Å². The Hall–Kier alpha value is -2.46. The van der Waals surface area contributed by atoms with E-state index in [2.05, 4.69) is 85.3 Å². The molecule has 4 rings (SSSR count). The van der Waals surface area contributed by atoms with Crippen LogP contribution < -0.4 is 0 Å². The second kappa shape index (κ2) is 8.70. The summed E-state index contributed by atoms with van der Waals surface area (Å²) in [6, 6.07) is 21.5. The zero-order valence-electron chi connectivity index (χ0n) is 16.5. The zero-order valence-corrected chi connectivity index (χ0v) is 17.3. The number of benzene rings is 2. The van der Waals surface area contributed by atoms with Crippen LogP contribution in [0.3, 0.4) is 0 Å². The SMILES string of the molecule is Cc1ccccc1CSCC1COC(c2cccn2Cc2ccccc2C)=N1. The van der Waals surface area contributed by atoms with E-state index in [0.717, 1.165) is 29.6 Å². The standard InChI is InChI=1S/C24H26N2OS/c1-18-8-3-5-10-20(18)14-26-13-7-12-23(26)24-25-22(15-27-24)17-28-16-21-11-6-4-9-19(21)2/h3-13,22H,14-17H2,1-2H3. The predicted molar refractivity (Wildman–Crippen MR) is 118 cm³/mol. The molecule has 0 saturated carbocycles. The number of thioether (sulfide) groups is 1. The molecule has 0 N–H and O–H groups in total. The fourth-order valence-corrected chi connectivity index (χ4v) is 4.54. The molecule has 1 atom stereocenters. The van der Waals surface area contributed by atoms with E-state index >= 15 is 0 Å². The third-order valence-electron chi connectivity index (χ3n) is 5.19. The van der Waals surface area contributed by atoms with Gasteiger partial charge in [0.05, 0.1) is 6.04 Å². The Kier molecular flexibility index (Phi) is 5.87. The number of nitrogens with zero attached hydrogens (tertiary/aromatic N) is 2. The molecule has 0 saturated heterocycles. The Morgan fingerprint density at radius 3 is 2.43 bits per heavy atom. The van der Waals surface area contributed by atoms with Crippen molar-refractivity contribution in [1.82, 2.24) is 4.57 Å². The molecular weight excluding hydrogens is 364 g/mol. The molecule has 1 unspecified atom stereocenters. The monoisotopic (exact) mass is 390 g/mol. The predicted octanol–water partition coefficient (Wildman–Crippen LogP) is 5.23. The number of hydrogen-bond donors (Lipinski definition) is 0. The van der Waals surface area contributed by atoms with Gasteiger partial charge in [-0.1, -0.05) is 48.5 Å². The zero-order chi connectivity index (χ0) is 19.3. The summed E-state index contributed by atoms with van der Waals surface area (Å²) in [5, 5.41) is 0. The van der Waals surface area contributed by atoms with Gasteiger partial charge in [0, 0.05) is 24.2 Å². The third kappa shape index (κ3) is 4.33. The van der Waals surface area contributed by atoms with Crippen LogP contribution in [0.2, 0.25) is 0 Å². The highest BCUT2D eigenvalue weighted by molar-refractivity contribution is 7.98. The van der Waals surface area contributed by atoms with Crippen molar-refractivity contribution in [3.05, 3.63) is 94.8 Å². The lowest BCUT2D eigenvalue weighted by Crippen LogP contribution is -2.11. The van der Waals surface area contributed by atoms with Gasteiger partial charge in [-0.2, -0.15) is 11.8 Å². The average Bonchev–Trinajstić information content (AvgIpc) is 3.34. The first-order valence-corrected chi connectivity index (χ1v) is 10.9. The van der Waals surface area contributed by atoms with Crippen LogP contribution in [0.15, 0.2) is 71.9 Å².